The smallest absolute Gasteiger partial charge is 0.407 e. The van der Waals surface area contributed by atoms with E-state index in [4.69, 9.17) is 9.47 Å². The second kappa shape index (κ2) is 11.5. The summed E-state index contributed by atoms with van der Waals surface area (Å²) in [6.07, 6.45) is 1.74. The van der Waals surface area contributed by atoms with Gasteiger partial charge in [-0.2, -0.15) is 0 Å². The molecule has 40 heavy (non-hydrogen) atoms. The maximum Gasteiger partial charge on any atom is 0.407 e. The van der Waals surface area contributed by atoms with E-state index in [0.29, 0.717) is 0 Å². The Hall–Kier alpha value is -4.13. The van der Waals surface area contributed by atoms with Crippen LogP contribution in [0, 0.1) is 0 Å². The van der Waals surface area contributed by atoms with Gasteiger partial charge in [0.1, 0.15) is 18.2 Å². The minimum absolute atomic E-state index is 0.103. The molecule has 5 rings (SSSR count). The van der Waals surface area contributed by atoms with Gasteiger partial charge in [0.15, 0.2) is 0 Å². The third-order valence-corrected chi connectivity index (χ3v) is 7.42. The number of esters is 1. The maximum atomic E-state index is 13.1. The van der Waals surface area contributed by atoms with Gasteiger partial charge < -0.3 is 20.1 Å². The van der Waals surface area contributed by atoms with E-state index in [1.54, 1.807) is 20.8 Å². The van der Waals surface area contributed by atoms with Crippen LogP contribution < -0.4 is 10.6 Å². The van der Waals surface area contributed by atoms with Gasteiger partial charge in [-0.3, -0.25) is 4.79 Å². The third-order valence-electron chi connectivity index (χ3n) is 7.42. The number of hydrogen-bond acceptors (Lipinski definition) is 5. The minimum Gasteiger partial charge on any atom is -0.458 e. The standard InChI is InChI=1S/C33H36N2O5/c1-33(2,3)40-31(37)29(19-30(36)34-28-18-10-12-21-11-4-5-13-22(21)28)35-32(38)39-20-27-25-16-8-6-14-23(25)24-15-7-9-17-26(24)27/h4-9,11,13-17,27-29H,10,12,18-20H2,1-3H3,(H,34,36)(H,35,38)/t28?,29-/m0/s1. The number of carbonyl (C=O) groups is 3. The Balaban J connectivity index is 1.25. The Labute approximate surface area is 235 Å². The van der Waals surface area contributed by atoms with E-state index >= 15 is 0 Å². The van der Waals surface area contributed by atoms with Crippen molar-refractivity contribution in [1.82, 2.24) is 10.6 Å². The van der Waals surface area contributed by atoms with Crippen LogP contribution in [0.2, 0.25) is 0 Å². The summed E-state index contributed by atoms with van der Waals surface area (Å²) in [5.41, 5.74) is 5.97. The first-order valence-electron chi connectivity index (χ1n) is 13.9. The zero-order valence-electron chi connectivity index (χ0n) is 23.2. The topological polar surface area (TPSA) is 93.7 Å². The summed E-state index contributed by atoms with van der Waals surface area (Å²) >= 11 is 0. The fourth-order valence-electron chi connectivity index (χ4n) is 5.69. The van der Waals surface area contributed by atoms with Crippen molar-refractivity contribution >= 4 is 18.0 Å². The van der Waals surface area contributed by atoms with Crippen molar-refractivity contribution in [2.24, 2.45) is 0 Å². The highest BCUT2D eigenvalue weighted by molar-refractivity contribution is 5.88. The number of aryl methyl sites for hydroxylation is 1. The fraction of sp³-hybridized carbons (Fsp3) is 0.364. The molecule has 2 aliphatic carbocycles. The minimum atomic E-state index is -1.19. The molecule has 0 radical (unpaired) electrons. The zero-order valence-corrected chi connectivity index (χ0v) is 23.2. The molecule has 2 atom stereocenters. The van der Waals surface area contributed by atoms with Crippen LogP contribution in [-0.2, 0) is 25.5 Å². The van der Waals surface area contributed by atoms with Crippen LogP contribution in [0.4, 0.5) is 4.79 Å². The van der Waals surface area contributed by atoms with Crippen LogP contribution in [0.15, 0.2) is 72.8 Å². The number of hydrogen-bond donors (Lipinski definition) is 2. The third kappa shape index (κ3) is 6.19. The van der Waals surface area contributed by atoms with Crippen molar-refractivity contribution in [3.8, 4) is 11.1 Å². The van der Waals surface area contributed by atoms with Crippen LogP contribution >= 0.6 is 0 Å². The molecule has 0 aromatic heterocycles. The van der Waals surface area contributed by atoms with Crippen molar-refractivity contribution in [2.45, 2.75) is 70.1 Å². The molecule has 0 saturated carbocycles. The molecule has 7 nitrogen and oxygen atoms in total. The van der Waals surface area contributed by atoms with E-state index < -0.39 is 23.7 Å². The van der Waals surface area contributed by atoms with E-state index in [1.165, 1.54) is 5.56 Å². The van der Waals surface area contributed by atoms with Crippen LogP contribution in [0.1, 0.15) is 74.2 Å². The largest absolute Gasteiger partial charge is 0.458 e. The summed E-state index contributed by atoms with van der Waals surface area (Å²) in [4.78, 5) is 39.1. The first kappa shape index (κ1) is 27.4. The van der Waals surface area contributed by atoms with Crippen LogP contribution in [-0.4, -0.2) is 36.2 Å². The van der Waals surface area contributed by atoms with Crippen LogP contribution in [0.25, 0.3) is 11.1 Å². The lowest BCUT2D eigenvalue weighted by atomic mass is 9.87. The summed E-state index contributed by atoms with van der Waals surface area (Å²) < 4.78 is 11.2. The molecule has 2 N–H and O–H groups in total. The van der Waals surface area contributed by atoms with Gasteiger partial charge in [0.25, 0.3) is 0 Å². The highest BCUT2D eigenvalue weighted by Gasteiger charge is 2.33. The quantitative estimate of drug-likeness (QED) is 0.369. The zero-order chi connectivity index (χ0) is 28.3. The normalized spacial score (nSPS) is 16.6. The van der Waals surface area contributed by atoms with Crippen molar-refractivity contribution < 1.29 is 23.9 Å². The summed E-state index contributed by atoms with van der Waals surface area (Å²) in [7, 11) is 0. The summed E-state index contributed by atoms with van der Waals surface area (Å²) in [6.45, 7) is 5.34. The second-order valence-corrected chi connectivity index (χ2v) is 11.5. The molecule has 1 unspecified atom stereocenters. The summed E-state index contributed by atoms with van der Waals surface area (Å²) in [5.74, 6) is -1.13. The van der Waals surface area contributed by atoms with Gasteiger partial charge in [0.05, 0.1) is 12.5 Å². The second-order valence-electron chi connectivity index (χ2n) is 11.5. The average molecular weight is 541 g/mol. The maximum absolute atomic E-state index is 13.1. The van der Waals surface area contributed by atoms with Crippen LogP contribution in [0.5, 0.6) is 0 Å². The molecule has 3 aromatic carbocycles. The molecule has 2 aliphatic rings. The Kier molecular flexibility index (Phi) is 7.92. The molecule has 0 saturated heterocycles. The molecule has 7 heteroatoms. The lowest BCUT2D eigenvalue weighted by Crippen LogP contribution is -2.47. The molecular formula is C33H36N2O5. The predicted octanol–water partition coefficient (Wildman–Crippen LogP) is 5.82. The Bertz CT molecular complexity index is 1360. The number of nitrogens with one attached hydrogen (secondary N) is 2. The Morgan fingerprint density at radius 2 is 1.48 bits per heavy atom. The molecule has 2 amide bonds. The number of amides is 2. The first-order valence-corrected chi connectivity index (χ1v) is 13.9. The molecule has 3 aromatic rings. The van der Waals surface area contributed by atoms with E-state index in [2.05, 4.69) is 28.8 Å². The highest BCUT2D eigenvalue weighted by atomic mass is 16.6. The molecule has 0 bridgehead atoms. The fourth-order valence-corrected chi connectivity index (χ4v) is 5.69. The van der Waals surface area contributed by atoms with Crippen molar-refractivity contribution in [3.05, 3.63) is 95.1 Å². The number of fused-ring (bicyclic) bond motifs is 4. The molecule has 0 heterocycles. The first-order chi connectivity index (χ1) is 19.2. The lowest BCUT2D eigenvalue weighted by Gasteiger charge is -2.28. The monoisotopic (exact) mass is 540 g/mol. The Morgan fingerprint density at radius 1 is 0.875 bits per heavy atom. The number of benzene rings is 3. The number of carbonyl (C=O) groups excluding carboxylic acids is 3. The Morgan fingerprint density at radius 3 is 2.12 bits per heavy atom. The van der Waals surface area contributed by atoms with E-state index in [9.17, 15) is 14.4 Å². The van der Waals surface area contributed by atoms with Crippen molar-refractivity contribution in [2.75, 3.05) is 6.61 Å². The van der Waals surface area contributed by atoms with Gasteiger partial charge >= 0.3 is 12.1 Å². The molecule has 208 valence electrons. The van der Waals surface area contributed by atoms with Crippen molar-refractivity contribution in [1.29, 1.82) is 0 Å². The van der Waals surface area contributed by atoms with E-state index in [1.807, 2.05) is 54.6 Å². The van der Waals surface area contributed by atoms with Gasteiger partial charge in [-0.1, -0.05) is 72.8 Å². The summed E-state index contributed by atoms with van der Waals surface area (Å²) in [6, 6.07) is 22.9. The SMILES string of the molecule is CC(C)(C)OC(=O)[C@H](CC(=O)NC1CCCc2ccccc21)NC(=O)OCC1c2ccccc2-c2ccccc21. The van der Waals surface area contributed by atoms with Gasteiger partial charge in [-0.15, -0.1) is 0 Å². The molecule has 0 aliphatic heterocycles. The van der Waals surface area contributed by atoms with E-state index in [0.717, 1.165) is 47.1 Å². The lowest BCUT2D eigenvalue weighted by molar-refractivity contribution is -0.158. The highest BCUT2D eigenvalue weighted by Crippen LogP contribution is 2.44. The number of rotatable bonds is 7. The number of ether oxygens (including phenoxy) is 2. The van der Waals surface area contributed by atoms with E-state index in [-0.39, 0.29) is 30.9 Å². The van der Waals surface area contributed by atoms with Gasteiger partial charge in [-0.05, 0) is 73.4 Å². The molecular weight excluding hydrogens is 504 g/mol. The molecule has 0 spiro atoms. The van der Waals surface area contributed by atoms with Crippen LogP contribution in [0.3, 0.4) is 0 Å². The van der Waals surface area contributed by atoms with Gasteiger partial charge in [0.2, 0.25) is 5.91 Å². The summed E-state index contributed by atoms with van der Waals surface area (Å²) in [5, 5.41) is 5.66. The molecule has 0 fully saturated rings. The van der Waals surface area contributed by atoms with Gasteiger partial charge in [-0.25, -0.2) is 9.59 Å². The van der Waals surface area contributed by atoms with Crippen molar-refractivity contribution in [3.63, 3.8) is 0 Å². The average Bonchev–Trinajstić information content (AvgIpc) is 3.24. The predicted molar refractivity (Wildman–Crippen MR) is 153 cm³/mol. The van der Waals surface area contributed by atoms with Gasteiger partial charge in [0, 0.05) is 5.92 Å². The number of alkyl carbamates (subject to hydrolysis) is 1.